The van der Waals surface area contributed by atoms with Gasteiger partial charge in [-0.15, -0.1) is 0 Å². The van der Waals surface area contributed by atoms with Crippen molar-refractivity contribution in [3.8, 4) is 0 Å². The third-order valence-electron chi connectivity index (χ3n) is 4.92. The standard InChI is InChI=1S/C14H21NO2S/c1-7(15-9-5-18-6-11(9)17)12-10(16)4-8-13(12)14(8,2)3/h8-9,11,13,15,17H,4-6H2,1-3H3/b12-7+/t8-,9-,11+,13-/m1/s1. The first-order chi connectivity index (χ1) is 8.43. The van der Waals surface area contributed by atoms with Crippen molar-refractivity contribution in [2.24, 2.45) is 17.3 Å². The van der Waals surface area contributed by atoms with Gasteiger partial charge in [-0.1, -0.05) is 13.8 Å². The Kier molecular flexibility index (Phi) is 2.79. The van der Waals surface area contributed by atoms with Gasteiger partial charge in [0.05, 0.1) is 12.1 Å². The van der Waals surface area contributed by atoms with E-state index in [4.69, 9.17) is 0 Å². The molecule has 18 heavy (non-hydrogen) atoms. The predicted octanol–water partition coefficient (Wildman–Crippen LogP) is 1.57. The summed E-state index contributed by atoms with van der Waals surface area (Å²) >= 11 is 1.77. The number of hydrogen-bond acceptors (Lipinski definition) is 4. The van der Waals surface area contributed by atoms with Crippen LogP contribution in [0.1, 0.15) is 27.2 Å². The van der Waals surface area contributed by atoms with Crippen LogP contribution in [0.25, 0.3) is 0 Å². The monoisotopic (exact) mass is 267 g/mol. The van der Waals surface area contributed by atoms with Crippen molar-refractivity contribution in [3.63, 3.8) is 0 Å². The Morgan fingerprint density at radius 3 is 2.72 bits per heavy atom. The van der Waals surface area contributed by atoms with Gasteiger partial charge in [0.2, 0.25) is 0 Å². The molecule has 3 nitrogen and oxygen atoms in total. The average Bonchev–Trinajstić information content (AvgIpc) is 2.69. The third kappa shape index (κ3) is 1.73. The van der Waals surface area contributed by atoms with Crippen LogP contribution in [0, 0.1) is 17.3 Å². The Labute approximate surface area is 112 Å². The van der Waals surface area contributed by atoms with E-state index < -0.39 is 0 Å². The summed E-state index contributed by atoms with van der Waals surface area (Å²) in [4.78, 5) is 12.0. The Morgan fingerprint density at radius 2 is 2.17 bits per heavy atom. The van der Waals surface area contributed by atoms with E-state index in [0.29, 0.717) is 29.5 Å². The van der Waals surface area contributed by atoms with Crippen molar-refractivity contribution in [2.75, 3.05) is 11.5 Å². The largest absolute Gasteiger partial charge is 0.390 e. The first kappa shape index (κ1) is 12.5. The van der Waals surface area contributed by atoms with Crippen LogP contribution < -0.4 is 5.32 Å². The van der Waals surface area contributed by atoms with Crippen LogP contribution in [0.5, 0.6) is 0 Å². The summed E-state index contributed by atoms with van der Waals surface area (Å²) in [5.41, 5.74) is 2.31. The van der Waals surface area contributed by atoms with E-state index in [1.807, 2.05) is 6.92 Å². The highest BCUT2D eigenvalue weighted by Crippen LogP contribution is 2.68. The van der Waals surface area contributed by atoms with Gasteiger partial charge < -0.3 is 10.4 Å². The number of rotatable bonds is 2. The van der Waals surface area contributed by atoms with Crippen LogP contribution in [0.15, 0.2) is 11.3 Å². The maximum atomic E-state index is 12.0. The van der Waals surface area contributed by atoms with Gasteiger partial charge in [0.1, 0.15) is 0 Å². The van der Waals surface area contributed by atoms with Gasteiger partial charge in [0.25, 0.3) is 0 Å². The number of allylic oxidation sites excluding steroid dienone is 2. The fraction of sp³-hybridized carbons (Fsp3) is 0.786. The number of fused-ring (bicyclic) bond motifs is 1. The van der Waals surface area contributed by atoms with Crippen LogP contribution in [-0.2, 0) is 4.79 Å². The Bertz CT molecular complexity index is 430. The Morgan fingerprint density at radius 1 is 1.44 bits per heavy atom. The molecule has 0 amide bonds. The number of aliphatic hydroxyl groups is 1. The normalized spacial score (nSPS) is 43.9. The van der Waals surface area contributed by atoms with Crippen LogP contribution in [0.2, 0.25) is 0 Å². The number of thioether (sulfide) groups is 1. The number of Topliss-reactive ketones (excluding diaryl/α,β-unsaturated/α-hetero) is 1. The Hall–Kier alpha value is -0.480. The molecule has 2 saturated carbocycles. The summed E-state index contributed by atoms with van der Waals surface area (Å²) in [7, 11) is 0. The zero-order valence-corrected chi connectivity index (χ0v) is 12.0. The van der Waals surface area contributed by atoms with Gasteiger partial charge in [-0.25, -0.2) is 0 Å². The number of carbonyl (C=O) groups is 1. The molecular weight excluding hydrogens is 246 g/mol. The lowest BCUT2D eigenvalue weighted by atomic mass is 9.95. The van der Waals surface area contributed by atoms with Crippen LogP contribution >= 0.6 is 11.8 Å². The lowest BCUT2D eigenvalue weighted by Crippen LogP contribution is -2.38. The number of aliphatic hydroxyl groups excluding tert-OH is 1. The zero-order valence-electron chi connectivity index (χ0n) is 11.2. The average molecular weight is 267 g/mol. The van der Waals surface area contributed by atoms with Crippen LogP contribution in [0.4, 0.5) is 0 Å². The highest BCUT2D eigenvalue weighted by Gasteiger charge is 2.65. The molecule has 3 aliphatic rings. The predicted molar refractivity (Wildman–Crippen MR) is 73.3 cm³/mol. The lowest BCUT2D eigenvalue weighted by molar-refractivity contribution is -0.115. The fourth-order valence-corrected chi connectivity index (χ4v) is 4.83. The van der Waals surface area contributed by atoms with E-state index >= 15 is 0 Å². The molecule has 1 heterocycles. The summed E-state index contributed by atoms with van der Waals surface area (Å²) < 4.78 is 0. The highest BCUT2D eigenvalue weighted by molar-refractivity contribution is 7.99. The van der Waals surface area contributed by atoms with E-state index in [0.717, 1.165) is 22.8 Å². The quantitative estimate of drug-likeness (QED) is 0.746. The minimum absolute atomic E-state index is 0.108. The second kappa shape index (κ2) is 4.01. The fourth-order valence-electron chi connectivity index (χ4n) is 3.66. The van der Waals surface area contributed by atoms with Crippen molar-refractivity contribution in [3.05, 3.63) is 11.3 Å². The molecule has 2 aliphatic carbocycles. The summed E-state index contributed by atoms with van der Waals surface area (Å²) in [5, 5.41) is 13.2. The second-order valence-corrected chi connectivity index (χ2v) is 7.50. The molecule has 0 aromatic heterocycles. The molecule has 0 spiro atoms. The lowest BCUT2D eigenvalue weighted by Gasteiger charge is -2.20. The van der Waals surface area contributed by atoms with Gasteiger partial charge in [0, 0.05) is 29.2 Å². The maximum Gasteiger partial charge on any atom is 0.161 e. The van der Waals surface area contributed by atoms with Gasteiger partial charge in [-0.2, -0.15) is 11.8 Å². The summed E-state index contributed by atoms with van der Waals surface area (Å²) in [6.07, 6.45) is 0.429. The molecule has 4 heteroatoms. The minimum atomic E-state index is -0.287. The number of carbonyl (C=O) groups excluding carboxylic acids is 1. The number of hydrogen-bond donors (Lipinski definition) is 2. The summed E-state index contributed by atoms with van der Waals surface area (Å²) in [5.74, 6) is 3.04. The van der Waals surface area contributed by atoms with Gasteiger partial charge in [0.15, 0.2) is 5.78 Å². The smallest absolute Gasteiger partial charge is 0.161 e. The third-order valence-corrected chi connectivity index (χ3v) is 6.10. The molecule has 1 aliphatic heterocycles. The minimum Gasteiger partial charge on any atom is -0.390 e. The van der Waals surface area contributed by atoms with Crippen LogP contribution in [-0.4, -0.2) is 34.5 Å². The van der Waals surface area contributed by atoms with Gasteiger partial charge >= 0.3 is 0 Å². The van der Waals surface area contributed by atoms with E-state index in [1.54, 1.807) is 11.8 Å². The first-order valence-corrected chi connectivity index (χ1v) is 7.84. The van der Waals surface area contributed by atoms with E-state index in [1.165, 1.54) is 0 Å². The number of ketones is 1. The van der Waals surface area contributed by atoms with Crippen molar-refractivity contribution in [1.82, 2.24) is 5.32 Å². The molecule has 0 aromatic carbocycles. The van der Waals surface area contributed by atoms with Crippen molar-refractivity contribution in [2.45, 2.75) is 39.3 Å². The van der Waals surface area contributed by atoms with Crippen molar-refractivity contribution < 1.29 is 9.90 Å². The molecule has 1 saturated heterocycles. The Balaban J connectivity index is 1.79. The molecule has 0 aromatic rings. The molecule has 3 fully saturated rings. The molecule has 4 atom stereocenters. The van der Waals surface area contributed by atoms with E-state index in [9.17, 15) is 9.90 Å². The molecule has 100 valence electrons. The summed E-state index contributed by atoms with van der Waals surface area (Å²) in [6, 6.07) is 0.108. The topological polar surface area (TPSA) is 49.3 Å². The van der Waals surface area contributed by atoms with Crippen molar-refractivity contribution >= 4 is 17.5 Å². The zero-order chi connectivity index (χ0) is 13.1. The molecule has 0 bridgehead atoms. The molecule has 0 unspecified atom stereocenters. The second-order valence-electron chi connectivity index (χ2n) is 6.43. The van der Waals surface area contributed by atoms with E-state index in [2.05, 4.69) is 19.2 Å². The summed E-state index contributed by atoms with van der Waals surface area (Å²) in [6.45, 7) is 6.50. The molecule has 2 N–H and O–H groups in total. The SMILES string of the molecule is C/C(N[C@@H]1CSC[C@@H]1O)=C1/C(=O)C[C@@H]2[C@H]1C2(C)C. The van der Waals surface area contributed by atoms with Gasteiger partial charge in [-0.05, 0) is 24.2 Å². The number of nitrogens with one attached hydrogen (secondary N) is 1. The molecule has 0 radical (unpaired) electrons. The first-order valence-electron chi connectivity index (χ1n) is 6.69. The highest BCUT2D eigenvalue weighted by atomic mass is 32.2. The van der Waals surface area contributed by atoms with Crippen molar-refractivity contribution in [1.29, 1.82) is 0 Å². The maximum absolute atomic E-state index is 12.0. The van der Waals surface area contributed by atoms with Crippen LogP contribution in [0.3, 0.4) is 0 Å². The van der Waals surface area contributed by atoms with Gasteiger partial charge in [-0.3, -0.25) is 4.79 Å². The van der Waals surface area contributed by atoms with E-state index in [-0.39, 0.29) is 12.1 Å². The molecule has 3 rings (SSSR count). The molecular formula is C14H21NO2S.